The lowest BCUT2D eigenvalue weighted by Gasteiger charge is -2.08. The lowest BCUT2D eigenvalue weighted by Crippen LogP contribution is -2.42. The minimum Gasteiger partial charge on any atom is -0.355 e. The topological polar surface area (TPSA) is 109 Å². The van der Waals surface area contributed by atoms with E-state index in [4.69, 9.17) is 13.0 Å². The predicted molar refractivity (Wildman–Crippen MR) is 55.9 cm³/mol. The molecule has 0 spiro atoms. The Morgan fingerprint density at radius 3 is 2.79 bits per heavy atom. The Morgan fingerprint density at radius 1 is 1.79 bits per heavy atom. The maximum absolute atomic E-state index is 11.2. The second-order valence-electron chi connectivity index (χ2n) is 2.49. The average molecular weight is 246 g/mol. The van der Waals surface area contributed by atoms with E-state index in [0.29, 0.717) is 0 Å². The molecule has 8 heteroatoms. The molecule has 0 saturated carbocycles. The minimum absolute atomic E-state index is 0.0419. The molecule has 0 aliphatic heterocycles. The molecule has 0 fully saturated rings. The molecule has 4 N–H and O–H groups in total. The molecule has 0 heterocycles. The van der Waals surface area contributed by atoms with Gasteiger partial charge in [0.1, 0.15) is 0 Å². The molecule has 1 atom stereocenters. The number of rotatable bonds is 6. The van der Waals surface area contributed by atoms with E-state index in [1.54, 1.807) is 0 Å². The smallest absolute Gasteiger partial charge is 0.264 e. The molecule has 0 unspecified atom stereocenters. The van der Waals surface area contributed by atoms with E-state index < -0.39 is 40.7 Å². The molecule has 0 aliphatic carbocycles. The van der Waals surface area contributed by atoms with Gasteiger partial charge in [0.15, 0.2) is 0 Å². The fourth-order valence-electron chi connectivity index (χ4n) is 0.505. The van der Waals surface area contributed by atoms with Gasteiger partial charge in [-0.05, 0) is 6.42 Å². The zero-order valence-electron chi connectivity index (χ0n) is 9.30. The first-order valence-corrected chi connectivity index (χ1v) is 5.95. The van der Waals surface area contributed by atoms with Crippen molar-refractivity contribution >= 4 is 28.7 Å². The summed E-state index contributed by atoms with van der Waals surface area (Å²) in [5, 5.41) is 1.92. The molecule has 0 radical (unpaired) electrons. The third-order valence-electron chi connectivity index (χ3n) is 1.23. The first kappa shape index (κ1) is 10.2. The minimum atomic E-state index is -4.26. The lowest BCUT2D eigenvalue weighted by atomic mass is 10.3. The van der Waals surface area contributed by atoms with Gasteiger partial charge in [0.05, 0.1) is 11.8 Å². The van der Waals surface area contributed by atoms with Crippen molar-refractivity contribution in [2.45, 2.75) is 12.5 Å². The van der Waals surface area contributed by atoms with Gasteiger partial charge < -0.3 is 11.1 Å². The number of amides is 1. The Hall–Kier alpha value is -0.310. The Bertz CT molecular complexity index is 346. The van der Waals surface area contributed by atoms with Crippen molar-refractivity contribution in [2.24, 2.45) is 5.73 Å². The van der Waals surface area contributed by atoms with Gasteiger partial charge in [0.25, 0.3) is 10.1 Å². The summed E-state index contributed by atoms with van der Waals surface area (Å²) in [6.45, 7) is -2.24. The van der Waals surface area contributed by atoms with Crippen molar-refractivity contribution in [3.05, 3.63) is 0 Å². The van der Waals surface area contributed by atoms with Crippen molar-refractivity contribution in [3.63, 3.8) is 0 Å². The molecule has 0 bridgehead atoms. The normalized spacial score (nSPS) is 16.8. The van der Waals surface area contributed by atoms with Crippen LogP contribution in [0.5, 0.6) is 0 Å². The molecule has 0 rings (SSSR count). The zero-order chi connectivity index (χ0) is 13.0. The van der Waals surface area contributed by atoms with E-state index in [2.05, 4.69) is 12.6 Å². The van der Waals surface area contributed by atoms with Crippen LogP contribution in [-0.2, 0) is 14.9 Å². The summed E-state index contributed by atoms with van der Waals surface area (Å²) in [5.74, 6) is -1.51. The molecule has 84 valence electrons. The third-order valence-corrected chi connectivity index (χ3v) is 2.34. The van der Waals surface area contributed by atoms with Gasteiger partial charge in [0.2, 0.25) is 5.91 Å². The van der Waals surface area contributed by atoms with Crippen molar-refractivity contribution in [1.82, 2.24) is 5.32 Å². The molecule has 0 saturated heterocycles. The maximum atomic E-state index is 11.2. The maximum Gasteiger partial charge on any atom is 0.264 e. The van der Waals surface area contributed by atoms with Gasteiger partial charge in [-0.25, -0.2) is 0 Å². The van der Waals surface area contributed by atoms with Crippen molar-refractivity contribution in [3.8, 4) is 0 Å². The standard InChI is InChI=1S/C6H14N2O4S2/c7-5(4-13)6(9)8-2-1-3-14(10,11)12/h5,13H,1-4,7H2,(H,8,9)(H,10,11,12)/t5-/m0/s1/i2D2,9+2. The van der Waals surface area contributed by atoms with E-state index in [9.17, 15) is 13.2 Å². The van der Waals surface area contributed by atoms with Gasteiger partial charge in [-0.3, -0.25) is 9.35 Å². The molecule has 6 nitrogen and oxygen atoms in total. The summed E-state index contributed by atoms with van der Waals surface area (Å²) in [7, 11) is -4.26. The van der Waals surface area contributed by atoms with Crippen LogP contribution in [-0.4, -0.2) is 42.9 Å². The Balaban J connectivity index is 4.30. The second-order valence-corrected chi connectivity index (χ2v) is 4.43. The fraction of sp³-hybridized carbons (Fsp3) is 0.833. The highest BCUT2D eigenvalue weighted by Gasteiger charge is 2.10. The summed E-state index contributed by atoms with van der Waals surface area (Å²) in [6, 6.07) is -0.968. The third kappa shape index (κ3) is 7.13. The lowest BCUT2D eigenvalue weighted by molar-refractivity contribution is -0.121. The summed E-state index contributed by atoms with van der Waals surface area (Å²) in [4.78, 5) is 11.2. The van der Waals surface area contributed by atoms with Crippen molar-refractivity contribution in [2.75, 3.05) is 18.0 Å². The van der Waals surface area contributed by atoms with Crippen LogP contribution in [0.3, 0.4) is 0 Å². The number of carbonyl (C=O) groups is 1. The van der Waals surface area contributed by atoms with Crippen molar-refractivity contribution < 1.29 is 20.5 Å². The van der Waals surface area contributed by atoms with Gasteiger partial charge in [-0.2, -0.15) is 21.0 Å². The van der Waals surface area contributed by atoms with Crippen LogP contribution in [0.4, 0.5) is 0 Å². The van der Waals surface area contributed by atoms with Gasteiger partial charge in [0, 0.05) is 15.0 Å². The zero-order valence-corrected chi connectivity index (χ0v) is 9.01. The number of nitrogens with one attached hydrogen (secondary N) is 1. The van der Waals surface area contributed by atoms with E-state index >= 15 is 0 Å². The van der Waals surface area contributed by atoms with Crippen LogP contribution in [0.1, 0.15) is 9.16 Å². The second kappa shape index (κ2) is 6.23. The van der Waals surface area contributed by atoms with Crippen LogP contribution >= 0.6 is 12.6 Å². The molecule has 0 aliphatic rings. The number of thiol groups is 1. The summed E-state index contributed by atoms with van der Waals surface area (Å²) < 4.78 is 43.8. The van der Waals surface area contributed by atoms with E-state index in [1.807, 2.05) is 5.32 Å². The quantitative estimate of drug-likeness (QED) is 0.263. The highest BCUT2D eigenvalue weighted by Crippen LogP contribution is 1.88. The number of hydrogen-bond donors (Lipinski definition) is 4. The van der Waals surface area contributed by atoms with Gasteiger partial charge in [-0.15, -0.1) is 0 Å². The highest BCUT2D eigenvalue weighted by atomic mass is 32.2. The van der Waals surface area contributed by atoms with Crippen LogP contribution in [0.2, 0.25) is 0 Å². The number of carbonyl (C=O) groups excluding carboxylic acids is 1. The molecular formula is C6H14N2O4S2. The largest absolute Gasteiger partial charge is 0.355 e. The SMILES string of the molecule is [2H]C([2H])(CCS(=O)(=O)O)NC(=[18O])[C@@H](N)CS. The van der Waals surface area contributed by atoms with Gasteiger partial charge >= 0.3 is 0 Å². The van der Waals surface area contributed by atoms with E-state index in [1.165, 1.54) is 0 Å². The number of hydrogen-bond acceptors (Lipinski definition) is 5. The molecule has 14 heavy (non-hydrogen) atoms. The molecule has 0 aromatic rings. The van der Waals surface area contributed by atoms with Crippen molar-refractivity contribution in [1.29, 1.82) is 0 Å². The predicted octanol–water partition coefficient (Wildman–Crippen LogP) is -1.36. The number of nitrogens with two attached hydrogens (primary N) is 1. The van der Waals surface area contributed by atoms with E-state index in [0.717, 1.165) is 0 Å². The van der Waals surface area contributed by atoms with Crippen LogP contribution in [0, 0.1) is 0 Å². The summed E-state index contributed by atoms with van der Waals surface area (Å²) in [5.41, 5.74) is 5.28. The molecule has 0 aromatic heterocycles. The Kier molecular flexibility index (Phi) is 4.54. The highest BCUT2D eigenvalue weighted by molar-refractivity contribution is 7.85. The molecule has 1 amide bonds. The first-order chi connectivity index (χ1) is 7.07. The first-order valence-electron chi connectivity index (χ1n) is 4.71. The molecule has 0 aromatic carbocycles. The monoisotopic (exact) mass is 246 g/mol. The Labute approximate surface area is 91.2 Å². The summed E-state index contributed by atoms with van der Waals surface area (Å²) >= 11 is 3.76. The fourth-order valence-corrected chi connectivity index (χ4v) is 1.03. The molecular weight excluding hydrogens is 230 g/mol. The van der Waals surface area contributed by atoms with E-state index in [-0.39, 0.29) is 5.75 Å². The van der Waals surface area contributed by atoms with Gasteiger partial charge in [-0.1, -0.05) is 0 Å². The summed E-state index contributed by atoms with van der Waals surface area (Å²) in [6.07, 6.45) is -0.559. The Morgan fingerprint density at radius 2 is 2.36 bits per heavy atom. The van der Waals surface area contributed by atoms with Crippen LogP contribution < -0.4 is 11.1 Å². The van der Waals surface area contributed by atoms with Crippen LogP contribution in [0.15, 0.2) is 0 Å². The average Bonchev–Trinajstić information content (AvgIpc) is 2.12. The van der Waals surface area contributed by atoms with Crippen LogP contribution in [0.25, 0.3) is 0 Å².